The highest BCUT2D eigenvalue weighted by Gasteiger charge is 2.14. The Morgan fingerprint density at radius 1 is 1.23 bits per heavy atom. The monoisotopic (exact) mass is 378 g/mol. The standard InChI is InChI=1S/C18H24N3O4S/c1-3-8-26(23,24)21-11-12(2)13-4-5-15-10-16(7-6-14(15)9-13)25-18(20)17(19)22/h4-7,9-10,12,18-19,21H,3,8,11,20H2,1-2H3. The zero-order chi connectivity index (χ0) is 19.3. The number of hydrogen-bond acceptors (Lipinski definition) is 5. The second-order valence-electron chi connectivity index (χ2n) is 6.24. The van der Waals surface area contributed by atoms with Crippen molar-refractivity contribution in [1.82, 2.24) is 10.5 Å². The third kappa shape index (κ3) is 5.42. The van der Waals surface area contributed by atoms with Crippen LogP contribution < -0.4 is 20.9 Å². The summed E-state index contributed by atoms with van der Waals surface area (Å²) < 4.78 is 31.4. The zero-order valence-corrected chi connectivity index (χ0v) is 15.7. The van der Waals surface area contributed by atoms with Crippen molar-refractivity contribution in [2.75, 3.05) is 12.3 Å². The number of nitrogens with two attached hydrogens (primary N) is 1. The van der Waals surface area contributed by atoms with Crippen molar-refractivity contribution in [2.24, 2.45) is 5.73 Å². The largest absolute Gasteiger partial charge is 0.466 e. The minimum absolute atomic E-state index is 0.0244. The Hall–Kier alpha value is -2.16. The minimum atomic E-state index is -3.22. The van der Waals surface area contributed by atoms with Gasteiger partial charge in [0.2, 0.25) is 16.3 Å². The fourth-order valence-electron chi connectivity index (χ4n) is 2.53. The van der Waals surface area contributed by atoms with E-state index >= 15 is 0 Å². The molecule has 8 heteroatoms. The quantitative estimate of drug-likeness (QED) is 0.644. The predicted molar refractivity (Wildman–Crippen MR) is 101 cm³/mol. The van der Waals surface area contributed by atoms with Gasteiger partial charge >= 0.3 is 0 Å². The van der Waals surface area contributed by atoms with Crippen LogP contribution in [0.2, 0.25) is 0 Å². The molecule has 0 bridgehead atoms. The van der Waals surface area contributed by atoms with E-state index in [2.05, 4.69) is 4.72 Å². The van der Waals surface area contributed by atoms with Crippen molar-refractivity contribution in [1.29, 1.82) is 0 Å². The van der Waals surface area contributed by atoms with Crippen LogP contribution in [0.3, 0.4) is 0 Å². The van der Waals surface area contributed by atoms with E-state index in [1.54, 1.807) is 12.1 Å². The summed E-state index contributed by atoms with van der Waals surface area (Å²) >= 11 is 0. The van der Waals surface area contributed by atoms with Crippen LogP contribution in [-0.4, -0.2) is 32.9 Å². The van der Waals surface area contributed by atoms with E-state index in [1.807, 2.05) is 38.1 Å². The summed E-state index contributed by atoms with van der Waals surface area (Å²) in [6, 6.07) is 11.1. The molecule has 0 spiro atoms. The highest BCUT2D eigenvalue weighted by atomic mass is 32.2. The molecule has 4 N–H and O–H groups in total. The maximum absolute atomic E-state index is 11.8. The molecule has 0 saturated heterocycles. The van der Waals surface area contributed by atoms with E-state index in [0.29, 0.717) is 18.7 Å². The van der Waals surface area contributed by atoms with Gasteiger partial charge in [-0.1, -0.05) is 38.1 Å². The van der Waals surface area contributed by atoms with Crippen molar-refractivity contribution < 1.29 is 17.9 Å². The second-order valence-corrected chi connectivity index (χ2v) is 8.17. The van der Waals surface area contributed by atoms with Gasteiger partial charge in [-0.25, -0.2) is 13.1 Å². The lowest BCUT2D eigenvalue weighted by Gasteiger charge is -2.15. The van der Waals surface area contributed by atoms with Gasteiger partial charge < -0.3 is 4.74 Å². The number of carbonyl (C=O) groups is 1. The normalized spacial score (nSPS) is 14.1. The Morgan fingerprint density at radius 3 is 2.54 bits per heavy atom. The number of ether oxygens (including phenoxy) is 1. The minimum Gasteiger partial charge on any atom is -0.466 e. The first-order chi connectivity index (χ1) is 12.2. The van der Waals surface area contributed by atoms with Crippen LogP contribution in [0.5, 0.6) is 5.75 Å². The molecule has 7 nitrogen and oxygen atoms in total. The maximum Gasteiger partial charge on any atom is 0.294 e. The smallest absolute Gasteiger partial charge is 0.294 e. The number of amides is 1. The van der Waals surface area contributed by atoms with E-state index in [1.165, 1.54) is 0 Å². The Bertz CT molecular complexity index is 883. The number of carbonyl (C=O) groups excluding carboxylic acids is 1. The summed E-state index contributed by atoms with van der Waals surface area (Å²) in [5, 5.41) is 1.86. The first-order valence-electron chi connectivity index (χ1n) is 8.40. The van der Waals surface area contributed by atoms with Crippen LogP contribution in [0.25, 0.3) is 10.8 Å². The van der Waals surface area contributed by atoms with Gasteiger partial charge in [-0.2, -0.15) is 0 Å². The van der Waals surface area contributed by atoms with Gasteiger partial charge in [0, 0.05) is 6.54 Å². The van der Waals surface area contributed by atoms with Gasteiger partial charge in [-0.05, 0) is 40.8 Å². The summed E-state index contributed by atoms with van der Waals surface area (Å²) in [7, 11) is -3.22. The molecule has 0 aromatic heterocycles. The van der Waals surface area contributed by atoms with E-state index in [-0.39, 0.29) is 11.7 Å². The van der Waals surface area contributed by atoms with Crippen LogP contribution in [0, 0.1) is 0 Å². The van der Waals surface area contributed by atoms with E-state index in [9.17, 15) is 13.2 Å². The molecule has 141 valence electrons. The van der Waals surface area contributed by atoms with E-state index in [4.69, 9.17) is 16.2 Å². The molecule has 0 saturated carbocycles. The Morgan fingerprint density at radius 2 is 1.88 bits per heavy atom. The van der Waals surface area contributed by atoms with Crippen LogP contribution in [0.15, 0.2) is 36.4 Å². The van der Waals surface area contributed by atoms with E-state index < -0.39 is 22.2 Å². The van der Waals surface area contributed by atoms with Gasteiger partial charge in [0.15, 0.2) is 0 Å². The molecule has 0 aliphatic carbocycles. The third-order valence-corrected chi connectivity index (χ3v) is 5.56. The van der Waals surface area contributed by atoms with Gasteiger partial charge in [-0.15, -0.1) is 0 Å². The molecular formula is C18H24N3O4S. The summed E-state index contributed by atoms with van der Waals surface area (Å²) in [6.07, 6.45) is -0.720. The summed E-state index contributed by atoms with van der Waals surface area (Å²) in [5.74, 6) is -0.418. The number of rotatable bonds is 9. The number of hydrogen-bond donors (Lipinski definition) is 2. The van der Waals surface area contributed by atoms with Crippen LogP contribution >= 0.6 is 0 Å². The van der Waals surface area contributed by atoms with Crippen molar-refractivity contribution in [2.45, 2.75) is 32.4 Å². The third-order valence-electron chi connectivity index (χ3n) is 4.01. The average Bonchev–Trinajstić information content (AvgIpc) is 2.59. The lowest BCUT2D eigenvalue weighted by atomic mass is 9.98. The molecular weight excluding hydrogens is 354 g/mol. The van der Waals surface area contributed by atoms with Gasteiger partial charge in [0.05, 0.1) is 5.75 Å². The molecule has 0 aliphatic heterocycles. The molecule has 2 aromatic carbocycles. The van der Waals surface area contributed by atoms with Crippen molar-refractivity contribution in [3.63, 3.8) is 0 Å². The first kappa shape index (κ1) is 20.2. The fourth-order valence-corrected chi connectivity index (χ4v) is 3.72. The first-order valence-corrected chi connectivity index (χ1v) is 10.1. The van der Waals surface area contributed by atoms with Crippen molar-refractivity contribution in [3.8, 4) is 5.75 Å². The van der Waals surface area contributed by atoms with Crippen LogP contribution in [-0.2, 0) is 14.8 Å². The molecule has 2 atom stereocenters. The van der Waals surface area contributed by atoms with Crippen LogP contribution in [0.1, 0.15) is 31.7 Å². The molecule has 2 rings (SSSR count). The predicted octanol–water partition coefficient (Wildman–Crippen LogP) is 1.75. The van der Waals surface area contributed by atoms with E-state index in [0.717, 1.165) is 16.3 Å². The van der Waals surface area contributed by atoms with Crippen LogP contribution in [0.4, 0.5) is 0 Å². The molecule has 2 aromatic rings. The number of benzene rings is 2. The molecule has 0 heterocycles. The lowest BCUT2D eigenvalue weighted by molar-refractivity contribution is -0.125. The summed E-state index contributed by atoms with van der Waals surface area (Å²) in [4.78, 5) is 10.9. The number of fused-ring (bicyclic) bond motifs is 1. The highest BCUT2D eigenvalue weighted by Crippen LogP contribution is 2.25. The molecule has 26 heavy (non-hydrogen) atoms. The SMILES string of the molecule is CCCS(=O)(=O)NCC(C)c1ccc2cc(OC(N)C([NH])=O)ccc2c1. The van der Waals surface area contributed by atoms with Gasteiger partial charge in [0.1, 0.15) is 5.75 Å². The molecule has 1 radical (unpaired) electrons. The van der Waals surface area contributed by atoms with Crippen molar-refractivity contribution >= 4 is 26.7 Å². The van der Waals surface area contributed by atoms with Gasteiger partial charge in [0.25, 0.3) is 5.91 Å². The average molecular weight is 378 g/mol. The lowest BCUT2D eigenvalue weighted by Crippen LogP contribution is -2.36. The molecule has 0 aliphatic rings. The molecule has 1 amide bonds. The molecule has 2 unspecified atom stereocenters. The Labute approximate surface area is 153 Å². The number of nitrogens with one attached hydrogen (secondary N) is 2. The molecule has 0 fully saturated rings. The van der Waals surface area contributed by atoms with Crippen molar-refractivity contribution in [3.05, 3.63) is 42.0 Å². The Balaban J connectivity index is 2.12. The second kappa shape index (κ2) is 8.48. The Kier molecular flexibility index (Phi) is 6.57. The maximum atomic E-state index is 11.8. The highest BCUT2D eigenvalue weighted by molar-refractivity contribution is 7.89. The summed E-state index contributed by atoms with van der Waals surface area (Å²) in [5.41, 5.74) is 13.4. The van der Waals surface area contributed by atoms with Gasteiger partial charge in [-0.3, -0.25) is 16.3 Å². The zero-order valence-electron chi connectivity index (χ0n) is 14.9. The number of sulfonamides is 1. The topological polar surface area (TPSA) is 122 Å². The fraction of sp³-hybridized carbons (Fsp3) is 0.389. The summed E-state index contributed by atoms with van der Waals surface area (Å²) in [6.45, 7) is 4.14.